The summed E-state index contributed by atoms with van der Waals surface area (Å²) in [5, 5.41) is 10.4. The number of halogens is 1. The summed E-state index contributed by atoms with van der Waals surface area (Å²) in [5.41, 5.74) is 3.15. The third kappa shape index (κ3) is 4.35. The van der Waals surface area contributed by atoms with Crippen LogP contribution in [0.5, 0.6) is 0 Å². The lowest BCUT2D eigenvalue weighted by Gasteiger charge is -2.10. The Bertz CT molecular complexity index is 1080. The van der Waals surface area contributed by atoms with E-state index in [0.717, 1.165) is 28.0 Å². The highest BCUT2D eigenvalue weighted by Crippen LogP contribution is 2.29. The molecule has 0 atom stereocenters. The van der Waals surface area contributed by atoms with Gasteiger partial charge in [0.05, 0.1) is 0 Å². The first-order valence-electron chi connectivity index (χ1n) is 8.92. The second kappa shape index (κ2) is 8.91. The second-order valence-corrected chi connectivity index (χ2v) is 7.54. The van der Waals surface area contributed by atoms with Crippen molar-refractivity contribution in [2.75, 3.05) is 5.75 Å². The van der Waals surface area contributed by atoms with Gasteiger partial charge in [-0.05, 0) is 29.8 Å². The maximum atomic E-state index is 6.19. The Hall–Kier alpha value is -2.82. The molecule has 1 heterocycles. The predicted octanol–water partition coefficient (Wildman–Crippen LogP) is 6.39. The van der Waals surface area contributed by atoms with Crippen molar-refractivity contribution in [2.45, 2.75) is 5.16 Å². The molecule has 0 saturated heterocycles. The summed E-state index contributed by atoms with van der Waals surface area (Å²) in [6.45, 7) is 0. The Kier molecular flexibility index (Phi) is 5.90. The third-order valence-electron chi connectivity index (χ3n) is 4.15. The molecule has 0 amide bonds. The van der Waals surface area contributed by atoms with E-state index >= 15 is 0 Å². The molecule has 0 aliphatic heterocycles. The highest BCUT2D eigenvalue weighted by atomic mass is 35.5. The van der Waals surface area contributed by atoms with E-state index in [1.165, 1.54) is 5.56 Å². The van der Waals surface area contributed by atoms with Gasteiger partial charge in [0.2, 0.25) is 0 Å². The van der Waals surface area contributed by atoms with E-state index in [1.54, 1.807) is 11.8 Å². The number of thioether (sulfide) groups is 1. The Morgan fingerprint density at radius 1 is 0.857 bits per heavy atom. The van der Waals surface area contributed by atoms with E-state index in [9.17, 15) is 0 Å². The molecule has 3 nitrogen and oxygen atoms in total. The normalized spacial score (nSPS) is 11.2. The highest BCUT2D eigenvalue weighted by molar-refractivity contribution is 7.99. The van der Waals surface area contributed by atoms with E-state index in [2.05, 4.69) is 51.2 Å². The van der Waals surface area contributed by atoms with Crippen LogP contribution < -0.4 is 0 Å². The summed E-state index contributed by atoms with van der Waals surface area (Å²) in [5.74, 6) is 1.58. The summed E-state index contributed by atoms with van der Waals surface area (Å²) in [4.78, 5) is 0. The van der Waals surface area contributed by atoms with Crippen LogP contribution in [0.3, 0.4) is 0 Å². The van der Waals surface area contributed by atoms with Crippen LogP contribution in [-0.4, -0.2) is 20.5 Å². The van der Waals surface area contributed by atoms with Crippen molar-refractivity contribution in [3.8, 4) is 17.1 Å². The van der Waals surface area contributed by atoms with Crippen molar-refractivity contribution in [3.63, 3.8) is 0 Å². The molecule has 0 radical (unpaired) electrons. The average Bonchev–Trinajstić information content (AvgIpc) is 3.16. The first-order valence-corrected chi connectivity index (χ1v) is 10.3. The van der Waals surface area contributed by atoms with Crippen LogP contribution in [0.4, 0.5) is 0 Å². The second-order valence-electron chi connectivity index (χ2n) is 6.11. The molecule has 0 bridgehead atoms. The van der Waals surface area contributed by atoms with Crippen molar-refractivity contribution in [1.82, 2.24) is 14.8 Å². The van der Waals surface area contributed by atoms with Crippen LogP contribution in [0.2, 0.25) is 5.02 Å². The Labute approximate surface area is 173 Å². The van der Waals surface area contributed by atoms with Crippen LogP contribution in [0, 0.1) is 0 Å². The number of para-hydroxylation sites is 1. The molecule has 0 spiro atoms. The first kappa shape index (κ1) is 18.5. The SMILES string of the molecule is Clc1cccc(-c2nnc(SC/C=C/c3ccccc3)n2-c2ccccc2)c1. The van der Waals surface area contributed by atoms with E-state index in [1.807, 2.05) is 60.7 Å². The quantitative estimate of drug-likeness (QED) is 0.349. The third-order valence-corrected chi connectivity index (χ3v) is 5.27. The van der Waals surface area contributed by atoms with Crippen LogP contribution in [-0.2, 0) is 0 Å². The molecule has 138 valence electrons. The monoisotopic (exact) mass is 403 g/mol. The summed E-state index contributed by atoms with van der Waals surface area (Å²) >= 11 is 7.84. The Morgan fingerprint density at radius 2 is 1.61 bits per heavy atom. The molecule has 3 aromatic carbocycles. The minimum absolute atomic E-state index is 0.681. The summed E-state index contributed by atoms with van der Waals surface area (Å²) in [6.07, 6.45) is 4.26. The molecule has 4 aromatic rings. The summed E-state index contributed by atoms with van der Waals surface area (Å²) in [6, 6.07) is 28.1. The van der Waals surface area contributed by atoms with Crippen LogP contribution in [0.15, 0.2) is 96.2 Å². The van der Waals surface area contributed by atoms with Gasteiger partial charge in [-0.2, -0.15) is 0 Å². The maximum absolute atomic E-state index is 6.19. The largest absolute Gasteiger partial charge is 0.270 e. The maximum Gasteiger partial charge on any atom is 0.196 e. The Morgan fingerprint density at radius 3 is 2.36 bits per heavy atom. The fourth-order valence-corrected chi connectivity index (χ4v) is 3.81. The lowest BCUT2D eigenvalue weighted by Crippen LogP contribution is -1.99. The van der Waals surface area contributed by atoms with E-state index in [4.69, 9.17) is 11.6 Å². The van der Waals surface area contributed by atoms with Gasteiger partial charge in [0.1, 0.15) is 0 Å². The van der Waals surface area contributed by atoms with Gasteiger partial charge in [0.15, 0.2) is 11.0 Å². The Balaban J connectivity index is 1.63. The summed E-state index contributed by atoms with van der Waals surface area (Å²) in [7, 11) is 0. The fourth-order valence-electron chi connectivity index (χ4n) is 2.86. The van der Waals surface area contributed by atoms with Gasteiger partial charge < -0.3 is 0 Å². The molecule has 0 aliphatic carbocycles. The van der Waals surface area contributed by atoms with Crippen molar-refractivity contribution in [3.05, 3.63) is 102 Å². The van der Waals surface area contributed by atoms with Gasteiger partial charge in [0, 0.05) is 22.0 Å². The van der Waals surface area contributed by atoms with E-state index < -0.39 is 0 Å². The summed E-state index contributed by atoms with van der Waals surface area (Å²) < 4.78 is 2.08. The number of nitrogens with zero attached hydrogens (tertiary/aromatic N) is 3. The molecule has 0 unspecified atom stereocenters. The zero-order chi connectivity index (χ0) is 19.2. The molecule has 4 rings (SSSR count). The number of aromatic nitrogens is 3. The van der Waals surface area contributed by atoms with Gasteiger partial charge in [-0.1, -0.05) is 96.2 Å². The minimum atomic E-state index is 0.681. The minimum Gasteiger partial charge on any atom is -0.270 e. The van der Waals surface area contributed by atoms with Gasteiger partial charge in [0.25, 0.3) is 0 Å². The van der Waals surface area contributed by atoms with Crippen molar-refractivity contribution >= 4 is 29.4 Å². The topological polar surface area (TPSA) is 30.7 Å². The molecular weight excluding hydrogens is 386 g/mol. The van der Waals surface area contributed by atoms with Crippen LogP contribution in [0.25, 0.3) is 23.2 Å². The van der Waals surface area contributed by atoms with Crippen LogP contribution in [0.1, 0.15) is 5.56 Å². The lowest BCUT2D eigenvalue weighted by atomic mass is 10.2. The number of hydrogen-bond acceptors (Lipinski definition) is 3. The number of hydrogen-bond donors (Lipinski definition) is 0. The molecule has 0 N–H and O–H groups in total. The molecular formula is C23H18ClN3S. The molecule has 1 aromatic heterocycles. The average molecular weight is 404 g/mol. The number of rotatable bonds is 6. The highest BCUT2D eigenvalue weighted by Gasteiger charge is 2.15. The molecule has 28 heavy (non-hydrogen) atoms. The van der Waals surface area contributed by atoms with E-state index in [0.29, 0.717) is 5.02 Å². The van der Waals surface area contributed by atoms with Crippen molar-refractivity contribution in [1.29, 1.82) is 0 Å². The fraction of sp³-hybridized carbons (Fsp3) is 0.0435. The van der Waals surface area contributed by atoms with Crippen molar-refractivity contribution < 1.29 is 0 Å². The van der Waals surface area contributed by atoms with Crippen molar-refractivity contribution in [2.24, 2.45) is 0 Å². The predicted molar refractivity (Wildman–Crippen MR) is 118 cm³/mol. The van der Waals surface area contributed by atoms with Crippen LogP contribution >= 0.6 is 23.4 Å². The molecule has 0 aliphatic rings. The van der Waals surface area contributed by atoms with Gasteiger partial charge in [-0.3, -0.25) is 4.57 Å². The molecule has 0 fully saturated rings. The van der Waals surface area contributed by atoms with Gasteiger partial charge in [-0.25, -0.2) is 0 Å². The molecule has 0 saturated carbocycles. The first-order chi connectivity index (χ1) is 13.8. The van der Waals surface area contributed by atoms with Gasteiger partial charge >= 0.3 is 0 Å². The zero-order valence-corrected chi connectivity index (χ0v) is 16.6. The standard InChI is InChI=1S/C23H18ClN3S/c24-20-13-7-12-19(17-20)22-25-26-23(27(22)21-14-5-2-6-15-21)28-16-8-11-18-9-3-1-4-10-18/h1-15,17H,16H2/b11-8+. The zero-order valence-electron chi connectivity index (χ0n) is 15.1. The molecule has 5 heteroatoms. The van der Waals surface area contributed by atoms with E-state index in [-0.39, 0.29) is 0 Å². The smallest absolute Gasteiger partial charge is 0.196 e. The van der Waals surface area contributed by atoms with Gasteiger partial charge in [-0.15, -0.1) is 10.2 Å². The number of benzene rings is 3. The lowest BCUT2D eigenvalue weighted by molar-refractivity contribution is 0.888.